The molecule has 0 atom stereocenters. The summed E-state index contributed by atoms with van der Waals surface area (Å²) in [6, 6.07) is 9.60. The van der Waals surface area contributed by atoms with Crippen LogP contribution in [0.1, 0.15) is 17.4 Å². The summed E-state index contributed by atoms with van der Waals surface area (Å²) in [6.07, 6.45) is 2.96. The van der Waals surface area contributed by atoms with Crippen molar-refractivity contribution in [1.29, 1.82) is 0 Å². The number of benzene rings is 1. The van der Waals surface area contributed by atoms with Gasteiger partial charge in [0.25, 0.3) is 0 Å². The highest BCUT2D eigenvalue weighted by Gasteiger charge is 2.18. The van der Waals surface area contributed by atoms with E-state index in [1.165, 1.54) is 0 Å². The summed E-state index contributed by atoms with van der Waals surface area (Å²) in [5, 5.41) is 9.51. The quantitative estimate of drug-likeness (QED) is 0.838. The molecular weight excluding hydrogens is 242 g/mol. The van der Waals surface area contributed by atoms with Crippen LogP contribution in [0.25, 0.3) is 11.1 Å². The first-order chi connectivity index (χ1) is 9.31. The van der Waals surface area contributed by atoms with Gasteiger partial charge in [0.2, 0.25) is 0 Å². The van der Waals surface area contributed by atoms with Gasteiger partial charge in [0.05, 0.1) is 6.61 Å². The molecule has 1 heterocycles. The van der Waals surface area contributed by atoms with Crippen LogP contribution < -0.4 is 0 Å². The summed E-state index contributed by atoms with van der Waals surface area (Å²) < 4.78 is 10.7. The average Bonchev–Trinajstić information content (AvgIpc) is 2.49. The van der Waals surface area contributed by atoms with E-state index in [1.807, 2.05) is 30.3 Å². The van der Waals surface area contributed by atoms with Crippen LogP contribution in [0, 0.1) is 0 Å². The number of aliphatic hydroxyl groups excluding tert-OH is 1. The monoisotopic (exact) mass is 259 g/mol. The zero-order chi connectivity index (χ0) is 13.7. The summed E-state index contributed by atoms with van der Waals surface area (Å²) in [5.74, 6) is 0. The van der Waals surface area contributed by atoms with Crippen LogP contribution in [0.5, 0.6) is 0 Å². The van der Waals surface area contributed by atoms with E-state index in [0.29, 0.717) is 0 Å². The largest absolute Gasteiger partial charge is 0.392 e. The third kappa shape index (κ3) is 2.81. The van der Waals surface area contributed by atoms with Gasteiger partial charge in [0.15, 0.2) is 6.29 Å². The van der Waals surface area contributed by atoms with Crippen molar-refractivity contribution in [2.45, 2.75) is 12.9 Å². The second-order valence-corrected chi connectivity index (χ2v) is 4.08. The van der Waals surface area contributed by atoms with Gasteiger partial charge < -0.3 is 14.6 Å². The lowest BCUT2D eigenvalue weighted by Crippen LogP contribution is -2.09. The van der Waals surface area contributed by atoms with Crippen molar-refractivity contribution >= 4 is 0 Å². The summed E-state index contributed by atoms with van der Waals surface area (Å²) in [5.41, 5.74) is 3.63. The molecular formula is C15H17NO3. The maximum absolute atomic E-state index is 9.51. The smallest absolute Gasteiger partial charge is 0.184 e. The summed E-state index contributed by atoms with van der Waals surface area (Å²) in [6.45, 7) is -0.0581. The van der Waals surface area contributed by atoms with Crippen LogP contribution in [0.3, 0.4) is 0 Å². The molecule has 0 aliphatic carbocycles. The van der Waals surface area contributed by atoms with Crippen molar-refractivity contribution in [2.24, 2.45) is 0 Å². The van der Waals surface area contributed by atoms with Crippen LogP contribution in [0.4, 0.5) is 0 Å². The minimum Gasteiger partial charge on any atom is -0.392 e. The van der Waals surface area contributed by atoms with Gasteiger partial charge in [-0.1, -0.05) is 18.2 Å². The molecule has 2 rings (SSSR count). The Morgan fingerprint density at radius 1 is 1.11 bits per heavy atom. The van der Waals surface area contributed by atoms with Crippen molar-refractivity contribution < 1.29 is 14.6 Å². The SMILES string of the molecule is COC(OC)c1c(CO)cccc1-c1ccncc1. The van der Waals surface area contributed by atoms with Crippen molar-refractivity contribution in [3.63, 3.8) is 0 Å². The maximum Gasteiger partial charge on any atom is 0.184 e. The van der Waals surface area contributed by atoms with E-state index in [9.17, 15) is 5.11 Å². The fourth-order valence-electron chi connectivity index (χ4n) is 2.14. The minimum atomic E-state index is -0.508. The van der Waals surface area contributed by atoms with Crippen molar-refractivity contribution in [3.05, 3.63) is 53.9 Å². The van der Waals surface area contributed by atoms with Gasteiger partial charge >= 0.3 is 0 Å². The van der Waals surface area contributed by atoms with Crippen molar-refractivity contribution in [2.75, 3.05) is 14.2 Å². The lowest BCUT2D eigenvalue weighted by molar-refractivity contribution is -0.106. The van der Waals surface area contributed by atoms with Gasteiger partial charge in [-0.15, -0.1) is 0 Å². The number of pyridine rings is 1. The molecule has 0 saturated heterocycles. The Balaban J connectivity index is 2.60. The van der Waals surface area contributed by atoms with Crippen molar-refractivity contribution in [3.8, 4) is 11.1 Å². The molecule has 0 radical (unpaired) electrons. The molecule has 1 N–H and O–H groups in total. The molecule has 0 spiro atoms. The Morgan fingerprint density at radius 3 is 2.37 bits per heavy atom. The Bertz CT molecular complexity index is 524. The van der Waals surface area contributed by atoms with Gasteiger partial charge in [-0.25, -0.2) is 0 Å². The minimum absolute atomic E-state index is 0.0581. The second kappa shape index (κ2) is 6.43. The molecule has 19 heavy (non-hydrogen) atoms. The zero-order valence-electron chi connectivity index (χ0n) is 11.0. The normalized spacial score (nSPS) is 10.9. The first-order valence-corrected chi connectivity index (χ1v) is 6.00. The average molecular weight is 259 g/mol. The number of aliphatic hydroxyl groups is 1. The van der Waals surface area contributed by atoms with Crippen LogP contribution in [0.2, 0.25) is 0 Å². The van der Waals surface area contributed by atoms with E-state index in [-0.39, 0.29) is 6.61 Å². The van der Waals surface area contributed by atoms with Crippen LogP contribution in [-0.2, 0) is 16.1 Å². The van der Waals surface area contributed by atoms with E-state index in [1.54, 1.807) is 26.6 Å². The molecule has 1 aromatic heterocycles. The molecule has 0 bridgehead atoms. The Labute approximate surface area is 112 Å². The summed E-state index contributed by atoms with van der Waals surface area (Å²) in [7, 11) is 3.16. The molecule has 0 saturated carbocycles. The third-order valence-electron chi connectivity index (χ3n) is 3.02. The maximum atomic E-state index is 9.51. The molecule has 1 aromatic carbocycles. The van der Waals surface area contributed by atoms with Gasteiger partial charge in [0.1, 0.15) is 0 Å². The van der Waals surface area contributed by atoms with E-state index in [2.05, 4.69) is 4.98 Å². The van der Waals surface area contributed by atoms with Gasteiger partial charge in [-0.2, -0.15) is 0 Å². The Hall–Kier alpha value is -1.75. The van der Waals surface area contributed by atoms with Gasteiger partial charge in [-0.3, -0.25) is 4.98 Å². The molecule has 2 aromatic rings. The fraction of sp³-hybridized carbons (Fsp3) is 0.267. The topological polar surface area (TPSA) is 51.6 Å². The molecule has 0 amide bonds. The standard InChI is InChI=1S/C15H17NO3/c1-18-15(19-2)14-12(10-17)4-3-5-13(14)11-6-8-16-9-7-11/h3-9,15,17H,10H2,1-2H3. The molecule has 0 unspecified atom stereocenters. The lowest BCUT2D eigenvalue weighted by atomic mass is 9.95. The number of hydrogen-bond donors (Lipinski definition) is 1. The summed E-state index contributed by atoms with van der Waals surface area (Å²) >= 11 is 0. The zero-order valence-corrected chi connectivity index (χ0v) is 11.0. The molecule has 0 aliphatic rings. The predicted molar refractivity (Wildman–Crippen MR) is 72.4 cm³/mol. The second-order valence-electron chi connectivity index (χ2n) is 4.08. The first-order valence-electron chi connectivity index (χ1n) is 6.00. The predicted octanol–water partition coefficient (Wildman–Crippen LogP) is 2.53. The number of nitrogens with zero attached hydrogens (tertiary/aromatic N) is 1. The van der Waals surface area contributed by atoms with Crippen molar-refractivity contribution in [1.82, 2.24) is 4.98 Å². The number of ether oxygens (including phenoxy) is 2. The molecule has 100 valence electrons. The Kier molecular flexibility index (Phi) is 4.63. The fourth-order valence-corrected chi connectivity index (χ4v) is 2.14. The van der Waals surface area contributed by atoms with E-state index in [0.717, 1.165) is 22.3 Å². The van der Waals surface area contributed by atoms with Gasteiger partial charge in [-0.05, 0) is 28.8 Å². The van der Waals surface area contributed by atoms with E-state index >= 15 is 0 Å². The van der Waals surface area contributed by atoms with Gasteiger partial charge in [0, 0.05) is 32.2 Å². The number of methoxy groups -OCH3 is 2. The highest BCUT2D eigenvalue weighted by molar-refractivity contribution is 5.68. The highest BCUT2D eigenvalue weighted by atomic mass is 16.7. The molecule has 4 nitrogen and oxygen atoms in total. The number of hydrogen-bond acceptors (Lipinski definition) is 4. The van der Waals surface area contributed by atoms with E-state index < -0.39 is 6.29 Å². The lowest BCUT2D eigenvalue weighted by Gasteiger charge is -2.20. The molecule has 0 fully saturated rings. The van der Waals surface area contributed by atoms with Crippen LogP contribution in [0.15, 0.2) is 42.7 Å². The molecule has 0 aliphatic heterocycles. The molecule has 4 heteroatoms. The van der Waals surface area contributed by atoms with Crippen LogP contribution >= 0.6 is 0 Å². The summed E-state index contributed by atoms with van der Waals surface area (Å²) in [4.78, 5) is 4.02. The number of aromatic nitrogens is 1. The third-order valence-corrected chi connectivity index (χ3v) is 3.02. The Morgan fingerprint density at radius 2 is 1.79 bits per heavy atom. The number of rotatable bonds is 5. The highest BCUT2D eigenvalue weighted by Crippen LogP contribution is 2.32. The van der Waals surface area contributed by atoms with Crippen LogP contribution in [-0.4, -0.2) is 24.3 Å². The first kappa shape index (κ1) is 13.7. The van der Waals surface area contributed by atoms with E-state index in [4.69, 9.17) is 9.47 Å².